The molecule has 25 heavy (non-hydrogen) atoms. The predicted octanol–water partition coefficient (Wildman–Crippen LogP) is 3.34. The molecule has 0 atom stereocenters. The van der Waals surface area contributed by atoms with Crippen LogP contribution in [0.1, 0.15) is 5.56 Å². The molecule has 0 saturated carbocycles. The molecule has 0 aliphatic heterocycles. The van der Waals surface area contributed by atoms with E-state index in [2.05, 4.69) is 10.6 Å². The molecule has 0 unspecified atom stereocenters. The standard InChI is InChI=1S/C18H19ClN2O3S/c1-24-16-5-3-2-4-13(16)10-20-17(22)11-25-12-18(23)21-15-8-6-14(19)7-9-15/h2-9H,10-12H2,1H3,(H,20,22)(H,21,23). The number of carbonyl (C=O) groups is 2. The van der Waals surface area contributed by atoms with Gasteiger partial charge in [0.2, 0.25) is 11.8 Å². The lowest BCUT2D eigenvalue weighted by molar-refractivity contribution is -0.118. The van der Waals surface area contributed by atoms with E-state index in [-0.39, 0.29) is 23.3 Å². The van der Waals surface area contributed by atoms with Gasteiger partial charge in [-0.3, -0.25) is 9.59 Å². The number of halogens is 1. The molecular weight excluding hydrogens is 360 g/mol. The van der Waals surface area contributed by atoms with Crippen LogP contribution in [0.15, 0.2) is 48.5 Å². The molecule has 0 aliphatic carbocycles. The van der Waals surface area contributed by atoms with Crippen LogP contribution < -0.4 is 15.4 Å². The van der Waals surface area contributed by atoms with E-state index in [1.54, 1.807) is 31.4 Å². The van der Waals surface area contributed by atoms with Crippen molar-refractivity contribution in [3.05, 3.63) is 59.1 Å². The van der Waals surface area contributed by atoms with Crippen LogP contribution in [0.4, 0.5) is 5.69 Å². The Morgan fingerprint density at radius 2 is 1.72 bits per heavy atom. The summed E-state index contributed by atoms with van der Waals surface area (Å²) in [6.45, 7) is 0.389. The highest BCUT2D eigenvalue weighted by Crippen LogP contribution is 2.17. The molecule has 2 aromatic rings. The molecule has 0 saturated heterocycles. The van der Waals surface area contributed by atoms with Crippen LogP contribution in [-0.2, 0) is 16.1 Å². The summed E-state index contributed by atoms with van der Waals surface area (Å²) >= 11 is 7.05. The fraction of sp³-hybridized carbons (Fsp3) is 0.222. The monoisotopic (exact) mass is 378 g/mol. The summed E-state index contributed by atoms with van der Waals surface area (Å²) < 4.78 is 5.24. The molecule has 0 spiro atoms. The Labute approximate surface area is 156 Å². The number of benzene rings is 2. The van der Waals surface area contributed by atoms with Gasteiger partial charge < -0.3 is 15.4 Å². The van der Waals surface area contributed by atoms with Crippen LogP contribution in [0.2, 0.25) is 5.02 Å². The number of hydrogen-bond acceptors (Lipinski definition) is 4. The first-order valence-corrected chi connectivity index (χ1v) is 9.13. The zero-order valence-corrected chi connectivity index (χ0v) is 15.3. The zero-order chi connectivity index (χ0) is 18.1. The minimum atomic E-state index is -0.162. The molecule has 2 amide bonds. The minimum Gasteiger partial charge on any atom is -0.496 e. The van der Waals surface area contributed by atoms with Crippen molar-refractivity contribution in [3.63, 3.8) is 0 Å². The lowest BCUT2D eigenvalue weighted by atomic mass is 10.2. The van der Waals surface area contributed by atoms with E-state index in [9.17, 15) is 9.59 Å². The van der Waals surface area contributed by atoms with Crippen molar-refractivity contribution in [2.24, 2.45) is 0 Å². The number of anilines is 1. The van der Waals surface area contributed by atoms with Gasteiger partial charge in [0.15, 0.2) is 0 Å². The number of rotatable bonds is 8. The summed E-state index contributed by atoms with van der Waals surface area (Å²) in [6.07, 6.45) is 0. The highest BCUT2D eigenvalue weighted by Gasteiger charge is 2.07. The topological polar surface area (TPSA) is 67.4 Å². The lowest BCUT2D eigenvalue weighted by Gasteiger charge is -2.09. The van der Waals surface area contributed by atoms with Gasteiger partial charge >= 0.3 is 0 Å². The summed E-state index contributed by atoms with van der Waals surface area (Å²) in [7, 11) is 1.59. The zero-order valence-electron chi connectivity index (χ0n) is 13.8. The first kappa shape index (κ1) is 19.1. The van der Waals surface area contributed by atoms with Gasteiger partial charge in [0.1, 0.15) is 5.75 Å². The van der Waals surface area contributed by atoms with E-state index in [0.717, 1.165) is 11.3 Å². The molecule has 2 aromatic carbocycles. The average Bonchev–Trinajstić information content (AvgIpc) is 2.62. The lowest BCUT2D eigenvalue weighted by Crippen LogP contribution is -2.25. The van der Waals surface area contributed by atoms with Crippen molar-refractivity contribution >= 4 is 40.9 Å². The molecule has 0 heterocycles. The Morgan fingerprint density at radius 1 is 1.04 bits per heavy atom. The Balaban J connectivity index is 1.68. The Kier molecular flexibility index (Phi) is 7.63. The Bertz CT molecular complexity index is 723. The van der Waals surface area contributed by atoms with Crippen LogP contribution in [0.3, 0.4) is 0 Å². The highest BCUT2D eigenvalue weighted by molar-refractivity contribution is 8.00. The molecular formula is C18H19ClN2O3S. The van der Waals surface area contributed by atoms with Gasteiger partial charge in [-0.25, -0.2) is 0 Å². The molecule has 2 N–H and O–H groups in total. The van der Waals surface area contributed by atoms with E-state index in [1.807, 2.05) is 24.3 Å². The highest BCUT2D eigenvalue weighted by atomic mass is 35.5. The number of amides is 2. The van der Waals surface area contributed by atoms with Crippen LogP contribution in [0, 0.1) is 0 Å². The number of thioether (sulfide) groups is 1. The second-order valence-electron chi connectivity index (χ2n) is 5.14. The number of para-hydroxylation sites is 1. The van der Waals surface area contributed by atoms with Crippen molar-refractivity contribution in [1.82, 2.24) is 5.32 Å². The fourth-order valence-electron chi connectivity index (χ4n) is 2.06. The fourth-order valence-corrected chi connectivity index (χ4v) is 2.83. The SMILES string of the molecule is COc1ccccc1CNC(=O)CSCC(=O)Nc1ccc(Cl)cc1. The first-order chi connectivity index (χ1) is 12.1. The molecule has 0 aromatic heterocycles. The third-order valence-electron chi connectivity index (χ3n) is 3.26. The Hall–Kier alpha value is -2.18. The quantitative estimate of drug-likeness (QED) is 0.739. The average molecular weight is 379 g/mol. The number of methoxy groups -OCH3 is 1. The van der Waals surface area contributed by atoms with E-state index < -0.39 is 0 Å². The molecule has 132 valence electrons. The molecule has 2 rings (SSSR count). The Morgan fingerprint density at radius 3 is 2.44 bits per heavy atom. The van der Waals surface area contributed by atoms with Crippen molar-refractivity contribution in [2.75, 3.05) is 23.9 Å². The van der Waals surface area contributed by atoms with Crippen molar-refractivity contribution in [2.45, 2.75) is 6.54 Å². The number of nitrogens with one attached hydrogen (secondary N) is 2. The maximum Gasteiger partial charge on any atom is 0.234 e. The maximum atomic E-state index is 11.9. The van der Waals surface area contributed by atoms with Crippen molar-refractivity contribution in [3.8, 4) is 5.75 Å². The minimum absolute atomic E-state index is 0.129. The van der Waals surface area contributed by atoms with Crippen molar-refractivity contribution < 1.29 is 14.3 Å². The molecule has 0 aliphatic rings. The second kappa shape index (κ2) is 9.96. The van der Waals surface area contributed by atoms with Gasteiger partial charge in [-0.2, -0.15) is 0 Å². The third-order valence-corrected chi connectivity index (χ3v) is 4.45. The van der Waals surface area contributed by atoms with E-state index in [1.165, 1.54) is 11.8 Å². The first-order valence-electron chi connectivity index (χ1n) is 7.60. The van der Waals surface area contributed by atoms with Gasteiger partial charge in [0.25, 0.3) is 0 Å². The predicted molar refractivity (Wildman–Crippen MR) is 102 cm³/mol. The molecule has 0 radical (unpaired) electrons. The summed E-state index contributed by atoms with van der Waals surface area (Å²) in [5.74, 6) is 0.853. The van der Waals surface area contributed by atoms with Crippen LogP contribution in [0.25, 0.3) is 0 Å². The summed E-state index contributed by atoms with van der Waals surface area (Å²) in [6, 6.07) is 14.4. The van der Waals surface area contributed by atoms with Gasteiger partial charge in [-0.05, 0) is 30.3 Å². The molecule has 0 bridgehead atoms. The van der Waals surface area contributed by atoms with E-state index >= 15 is 0 Å². The second-order valence-corrected chi connectivity index (χ2v) is 6.56. The van der Waals surface area contributed by atoms with Gasteiger partial charge in [0.05, 0.1) is 18.6 Å². The number of carbonyl (C=O) groups excluding carboxylic acids is 2. The van der Waals surface area contributed by atoms with E-state index in [4.69, 9.17) is 16.3 Å². The number of hydrogen-bond donors (Lipinski definition) is 2. The smallest absolute Gasteiger partial charge is 0.234 e. The van der Waals surface area contributed by atoms with Gasteiger partial charge in [-0.1, -0.05) is 29.8 Å². The normalized spacial score (nSPS) is 10.2. The van der Waals surface area contributed by atoms with Crippen LogP contribution in [0.5, 0.6) is 5.75 Å². The number of ether oxygens (including phenoxy) is 1. The molecule has 7 heteroatoms. The largest absolute Gasteiger partial charge is 0.496 e. The third kappa shape index (κ3) is 6.68. The van der Waals surface area contributed by atoms with Crippen LogP contribution >= 0.6 is 23.4 Å². The van der Waals surface area contributed by atoms with Crippen molar-refractivity contribution in [1.29, 1.82) is 0 Å². The van der Waals surface area contributed by atoms with Crippen LogP contribution in [-0.4, -0.2) is 30.4 Å². The molecule has 5 nitrogen and oxygen atoms in total. The molecule has 0 fully saturated rings. The summed E-state index contributed by atoms with van der Waals surface area (Å²) in [5, 5.41) is 6.18. The summed E-state index contributed by atoms with van der Waals surface area (Å²) in [5.41, 5.74) is 1.58. The van der Waals surface area contributed by atoms with Gasteiger partial charge in [0, 0.05) is 22.8 Å². The summed E-state index contributed by atoms with van der Waals surface area (Å²) in [4.78, 5) is 23.7. The van der Waals surface area contributed by atoms with E-state index in [0.29, 0.717) is 17.3 Å². The van der Waals surface area contributed by atoms with Gasteiger partial charge in [-0.15, -0.1) is 11.8 Å². The maximum absolute atomic E-state index is 11.9.